The van der Waals surface area contributed by atoms with Crippen molar-refractivity contribution in [3.05, 3.63) is 65.7 Å². The summed E-state index contributed by atoms with van der Waals surface area (Å²) < 4.78 is 10.6. The second kappa shape index (κ2) is 6.64. The molecule has 2 aromatic carbocycles. The van der Waals surface area contributed by atoms with Crippen LogP contribution in [0.3, 0.4) is 0 Å². The van der Waals surface area contributed by atoms with Crippen molar-refractivity contribution in [2.45, 2.75) is 6.42 Å². The first-order valence-electron chi connectivity index (χ1n) is 6.26. The van der Waals surface area contributed by atoms with E-state index in [-0.39, 0.29) is 0 Å². The van der Waals surface area contributed by atoms with Gasteiger partial charge in [0.25, 0.3) is 0 Å². The van der Waals surface area contributed by atoms with Crippen LogP contribution in [0.2, 0.25) is 0 Å². The molecule has 0 fully saturated rings. The lowest BCUT2D eigenvalue weighted by Crippen LogP contribution is -1.92. The quantitative estimate of drug-likeness (QED) is 0.804. The molecule has 0 aliphatic rings. The molecule has 0 amide bonds. The van der Waals surface area contributed by atoms with Crippen LogP contribution in [0.25, 0.3) is 6.08 Å². The van der Waals surface area contributed by atoms with Gasteiger partial charge in [0.1, 0.15) is 11.5 Å². The van der Waals surface area contributed by atoms with Gasteiger partial charge in [-0.25, -0.2) is 0 Å². The monoisotopic (exact) mass is 254 g/mol. The molecular formula is C17H18O2. The maximum absolute atomic E-state index is 5.38. The third kappa shape index (κ3) is 3.62. The maximum atomic E-state index is 5.38. The van der Waals surface area contributed by atoms with Crippen LogP contribution in [0.15, 0.2) is 54.6 Å². The Morgan fingerprint density at radius 2 is 1.74 bits per heavy atom. The third-order valence-electron chi connectivity index (χ3n) is 2.94. The lowest BCUT2D eigenvalue weighted by atomic mass is 10.1. The minimum Gasteiger partial charge on any atom is -0.497 e. The smallest absolute Gasteiger partial charge is 0.126 e. The highest BCUT2D eigenvalue weighted by atomic mass is 16.5. The number of methoxy groups -OCH3 is 2. The van der Waals surface area contributed by atoms with Crippen LogP contribution in [-0.4, -0.2) is 14.2 Å². The average Bonchev–Trinajstić information content (AvgIpc) is 2.48. The SMILES string of the molecule is COc1ccc(C/C=C/c2ccccc2)c(OC)c1. The van der Waals surface area contributed by atoms with E-state index in [1.54, 1.807) is 14.2 Å². The number of allylic oxidation sites excluding steroid dienone is 1. The Hall–Kier alpha value is -2.22. The fourth-order valence-corrected chi connectivity index (χ4v) is 1.91. The zero-order valence-corrected chi connectivity index (χ0v) is 11.3. The van der Waals surface area contributed by atoms with E-state index in [0.717, 1.165) is 23.5 Å². The Balaban J connectivity index is 2.09. The summed E-state index contributed by atoms with van der Waals surface area (Å²) in [6.45, 7) is 0. The summed E-state index contributed by atoms with van der Waals surface area (Å²) >= 11 is 0. The fraction of sp³-hybridized carbons (Fsp3) is 0.176. The molecule has 0 unspecified atom stereocenters. The molecule has 0 radical (unpaired) electrons. The topological polar surface area (TPSA) is 18.5 Å². The lowest BCUT2D eigenvalue weighted by molar-refractivity contribution is 0.391. The molecule has 0 heterocycles. The van der Waals surface area contributed by atoms with Gasteiger partial charge in [0.05, 0.1) is 14.2 Å². The summed E-state index contributed by atoms with van der Waals surface area (Å²) in [6.07, 6.45) is 5.09. The zero-order chi connectivity index (χ0) is 13.5. The van der Waals surface area contributed by atoms with Gasteiger partial charge in [0.2, 0.25) is 0 Å². The number of rotatable bonds is 5. The van der Waals surface area contributed by atoms with Crippen LogP contribution < -0.4 is 9.47 Å². The van der Waals surface area contributed by atoms with E-state index in [2.05, 4.69) is 24.3 Å². The highest BCUT2D eigenvalue weighted by Gasteiger charge is 2.02. The molecular weight excluding hydrogens is 236 g/mol. The van der Waals surface area contributed by atoms with Crippen LogP contribution in [0.1, 0.15) is 11.1 Å². The molecule has 98 valence electrons. The van der Waals surface area contributed by atoms with Crippen molar-refractivity contribution in [3.8, 4) is 11.5 Å². The molecule has 0 saturated heterocycles. The van der Waals surface area contributed by atoms with Crippen molar-refractivity contribution in [3.63, 3.8) is 0 Å². The van der Waals surface area contributed by atoms with Gasteiger partial charge in [-0.3, -0.25) is 0 Å². The summed E-state index contributed by atoms with van der Waals surface area (Å²) in [4.78, 5) is 0. The molecule has 19 heavy (non-hydrogen) atoms. The van der Waals surface area contributed by atoms with Gasteiger partial charge in [-0.2, -0.15) is 0 Å². The van der Waals surface area contributed by atoms with Crippen molar-refractivity contribution in [2.24, 2.45) is 0 Å². The lowest BCUT2D eigenvalue weighted by Gasteiger charge is -2.08. The van der Waals surface area contributed by atoms with Crippen molar-refractivity contribution < 1.29 is 9.47 Å². The molecule has 0 aliphatic carbocycles. The first-order valence-corrected chi connectivity index (χ1v) is 6.26. The Bertz CT molecular complexity index is 544. The van der Waals surface area contributed by atoms with Crippen LogP contribution in [0, 0.1) is 0 Å². The Morgan fingerprint density at radius 3 is 2.42 bits per heavy atom. The third-order valence-corrected chi connectivity index (χ3v) is 2.94. The molecule has 2 nitrogen and oxygen atoms in total. The minimum atomic E-state index is 0.813. The molecule has 0 spiro atoms. The number of ether oxygens (including phenoxy) is 2. The molecule has 2 heteroatoms. The Kier molecular flexibility index (Phi) is 4.62. The highest BCUT2D eigenvalue weighted by molar-refractivity contribution is 5.50. The molecule has 2 aromatic rings. The summed E-state index contributed by atoms with van der Waals surface area (Å²) in [7, 11) is 3.34. The minimum absolute atomic E-state index is 0.813. The highest BCUT2D eigenvalue weighted by Crippen LogP contribution is 2.25. The van der Waals surface area contributed by atoms with Gasteiger partial charge < -0.3 is 9.47 Å². The molecule has 0 saturated carbocycles. The summed E-state index contributed by atoms with van der Waals surface area (Å²) in [5.41, 5.74) is 2.35. The molecule has 0 bridgehead atoms. The zero-order valence-electron chi connectivity index (χ0n) is 11.3. The van der Waals surface area contributed by atoms with Crippen LogP contribution in [0.5, 0.6) is 11.5 Å². The van der Waals surface area contributed by atoms with E-state index >= 15 is 0 Å². The van der Waals surface area contributed by atoms with Crippen molar-refractivity contribution in [2.75, 3.05) is 14.2 Å². The maximum Gasteiger partial charge on any atom is 0.126 e. The normalized spacial score (nSPS) is 10.6. The summed E-state index contributed by atoms with van der Waals surface area (Å²) in [6, 6.07) is 16.2. The molecule has 2 rings (SSSR count). The Labute approximate surface area is 114 Å². The number of benzene rings is 2. The first kappa shape index (κ1) is 13.2. The molecule has 0 aromatic heterocycles. The van der Waals surface area contributed by atoms with Crippen LogP contribution in [-0.2, 0) is 6.42 Å². The predicted octanol–water partition coefficient (Wildman–Crippen LogP) is 3.96. The van der Waals surface area contributed by atoms with E-state index in [1.807, 2.05) is 36.4 Å². The second-order valence-corrected chi connectivity index (χ2v) is 4.19. The second-order valence-electron chi connectivity index (χ2n) is 4.19. The van der Waals surface area contributed by atoms with Crippen molar-refractivity contribution in [1.29, 1.82) is 0 Å². The Morgan fingerprint density at radius 1 is 0.947 bits per heavy atom. The van der Waals surface area contributed by atoms with E-state index in [4.69, 9.17) is 9.47 Å². The molecule has 0 aliphatic heterocycles. The van der Waals surface area contributed by atoms with Gasteiger partial charge in [0, 0.05) is 6.07 Å². The largest absolute Gasteiger partial charge is 0.497 e. The standard InChI is InChI=1S/C17H18O2/c1-18-16-12-11-15(17(13-16)19-2)10-6-9-14-7-4-3-5-8-14/h3-9,11-13H,10H2,1-2H3/b9-6+. The van der Waals surface area contributed by atoms with Crippen molar-refractivity contribution in [1.82, 2.24) is 0 Å². The van der Waals surface area contributed by atoms with E-state index in [0.29, 0.717) is 0 Å². The predicted molar refractivity (Wildman–Crippen MR) is 78.7 cm³/mol. The molecule has 0 atom stereocenters. The summed E-state index contributed by atoms with van der Waals surface area (Å²) in [5, 5.41) is 0. The first-order chi connectivity index (χ1) is 9.33. The fourth-order valence-electron chi connectivity index (χ4n) is 1.91. The van der Waals surface area contributed by atoms with Gasteiger partial charge >= 0.3 is 0 Å². The van der Waals surface area contributed by atoms with Gasteiger partial charge in [-0.1, -0.05) is 48.6 Å². The van der Waals surface area contributed by atoms with Gasteiger partial charge in [-0.15, -0.1) is 0 Å². The summed E-state index contributed by atoms with van der Waals surface area (Å²) in [5.74, 6) is 1.67. The van der Waals surface area contributed by atoms with Crippen LogP contribution in [0.4, 0.5) is 0 Å². The van der Waals surface area contributed by atoms with E-state index in [1.165, 1.54) is 5.56 Å². The van der Waals surface area contributed by atoms with Gasteiger partial charge in [0.15, 0.2) is 0 Å². The average molecular weight is 254 g/mol. The van der Waals surface area contributed by atoms with Crippen LogP contribution >= 0.6 is 0 Å². The van der Waals surface area contributed by atoms with E-state index < -0.39 is 0 Å². The van der Waals surface area contributed by atoms with Gasteiger partial charge in [-0.05, 0) is 23.6 Å². The van der Waals surface area contributed by atoms with Crippen molar-refractivity contribution >= 4 is 6.08 Å². The van der Waals surface area contributed by atoms with E-state index in [9.17, 15) is 0 Å². The number of hydrogen-bond donors (Lipinski definition) is 0. The number of hydrogen-bond acceptors (Lipinski definition) is 2. The molecule has 0 N–H and O–H groups in total.